The Balaban J connectivity index is 2.22. The number of amides is 1. The first-order valence-corrected chi connectivity index (χ1v) is 5.18. The molecule has 1 aromatic rings. The summed E-state index contributed by atoms with van der Waals surface area (Å²) >= 11 is 0. The molecule has 0 saturated carbocycles. The van der Waals surface area contributed by atoms with Crippen LogP contribution in [-0.2, 0) is 11.2 Å². The number of nitrogens with zero attached hydrogens (tertiary/aromatic N) is 1. The van der Waals surface area contributed by atoms with Gasteiger partial charge in [-0.05, 0) is 19.4 Å². The summed E-state index contributed by atoms with van der Waals surface area (Å²) in [7, 11) is 0. The van der Waals surface area contributed by atoms with Gasteiger partial charge in [0.15, 0.2) is 5.60 Å². The molecule has 84 valence electrons. The van der Waals surface area contributed by atoms with Crippen molar-refractivity contribution in [1.82, 2.24) is 5.43 Å². The van der Waals surface area contributed by atoms with Gasteiger partial charge in [0.25, 0.3) is 0 Å². The zero-order chi connectivity index (χ0) is 11.6. The molecular weight excluding hydrogens is 204 g/mol. The van der Waals surface area contributed by atoms with Gasteiger partial charge in [-0.25, -0.2) is 10.2 Å². The van der Waals surface area contributed by atoms with Crippen LogP contribution in [0.5, 0.6) is 0 Å². The first-order chi connectivity index (χ1) is 7.60. The van der Waals surface area contributed by atoms with E-state index in [2.05, 4.69) is 10.5 Å². The van der Waals surface area contributed by atoms with E-state index < -0.39 is 11.7 Å². The van der Waals surface area contributed by atoms with Crippen LogP contribution < -0.4 is 5.43 Å². The molecule has 0 aliphatic carbocycles. The molecule has 16 heavy (non-hydrogen) atoms. The van der Waals surface area contributed by atoms with Gasteiger partial charge in [0.1, 0.15) is 0 Å². The van der Waals surface area contributed by atoms with Crippen LogP contribution in [0.2, 0.25) is 0 Å². The molecule has 1 aromatic carbocycles. The Morgan fingerprint density at radius 2 is 2.06 bits per heavy atom. The summed E-state index contributed by atoms with van der Waals surface area (Å²) in [4.78, 5) is 11.2. The second-order valence-electron chi connectivity index (χ2n) is 4.09. The van der Waals surface area contributed by atoms with Crippen molar-refractivity contribution in [2.45, 2.75) is 25.9 Å². The van der Waals surface area contributed by atoms with E-state index >= 15 is 0 Å². The topological polar surface area (TPSA) is 50.7 Å². The number of benzene rings is 1. The molecule has 1 N–H and O–H groups in total. The number of rotatable bonds is 2. The molecule has 4 nitrogen and oxygen atoms in total. The van der Waals surface area contributed by atoms with Crippen molar-refractivity contribution in [3.8, 4) is 0 Å². The van der Waals surface area contributed by atoms with Gasteiger partial charge >= 0.3 is 6.09 Å². The number of nitrogens with one attached hydrogen (secondary N) is 1. The van der Waals surface area contributed by atoms with Crippen molar-refractivity contribution in [2.75, 3.05) is 0 Å². The molecule has 0 aromatic heterocycles. The largest absolute Gasteiger partial charge is 0.435 e. The van der Waals surface area contributed by atoms with Crippen LogP contribution in [-0.4, -0.2) is 17.4 Å². The van der Waals surface area contributed by atoms with Gasteiger partial charge in [-0.15, -0.1) is 0 Å². The van der Waals surface area contributed by atoms with Crippen molar-refractivity contribution in [3.63, 3.8) is 0 Å². The first-order valence-electron chi connectivity index (χ1n) is 5.18. The highest BCUT2D eigenvalue weighted by Gasteiger charge is 2.35. The summed E-state index contributed by atoms with van der Waals surface area (Å²) in [6.07, 6.45) is 0.139. The third-order valence-corrected chi connectivity index (χ3v) is 2.78. The normalized spacial score (nSPS) is 24.4. The van der Waals surface area contributed by atoms with Gasteiger partial charge in [0.2, 0.25) is 0 Å². The van der Waals surface area contributed by atoms with Gasteiger partial charge < -0.3 is 4.74 Å². The summed E-state index contributed by atoms with van der Waals surface area (Å²) in [6.45, 7) is 3.72. The van der Waals surface area contributed by atoms with Gasteiger partial charge in [0, 0.05) is 6.42 Å². The molecule has 2 rings (SSSR count). The Morgan fingerprint density at radius 1 is 1.38 bits per heavy atom. The molecule has 1 unspecified atom stereocenters. The highest BCUT2D eigenvalue weighted by molar-refractivity contribution is 5.94. The zero-order valence-electron chi connectivity index (χ0n) is 9.36. The molecule has 0 radical (unpaired) electrons. The third kappa shape index (κ3) is 2.05. The molecule has 1 amide bonds. The van der Waals surface area contributed by atoms with E-state index in [0.717, 1.165) is 11.3 Å². The summed E-state index contributed by atoms with van der Waals surface area (Å²) < 4.78 is 5.31. The SMILES string of the molecule is CC1=NNC(=O)OC1(C)Cc1ccccc1. The third-order valence-electron chi connectivity index (χ3n) is 2.78. The first kappa shape index (κ1) is 10.7. The van der Waals surface area contributed by atoms with E-state index in [1.807, 2.05) is 44.2 Å². The number of carbonyl (C=O) groups is 1. The average Bonchev–Trinajstić information content (AvgIpc) is 2.25. The number of hydrogen-bond acceptors (Lipinski definition) is 3. The Hall–Kier alpha value is -1.84. The number of carbonyl (C=O) groups excluding carboxylic acids is 1. The molecule has 1 aliphatic heterocycles. The Bertz CT molecular complexity index is 428. The van der Waals surface area contributed by atoms with Crippen molar-refractivity contribution in [3.05, 3.63) is 35.9 Å². The number of ether oxygens (including phenoxy) is 1. The van der Waals surface area contributed by atoms with Gasteiger partial charge in [0.05, 0.1) is 5.71 Å². The minimum Gasteiger partial charge on any atom is -0.435 e. The molecule has 0 spiro atoms. The fraction of sp³-hybridized carbons (Fsp3) is 0.333. The van der Waals surface area contributed by atoms with E-state index in [0.29, 0.717) is 6.42 Å². The number of cyclic esters (lactones) is 1. The highest BCUT2D eigenvalue weighted by Crippen LogP contribution is 2.22. The van der Waals surface area contributed by atoms with Crippen LogP contribution in [0.3, 0.4) is 0 Å². The minimum absolute atomic E-state index is 0.496. The molecule has 0 bridgehead atoms. The quantitative estimate of drug-likeness (QED) is 0.826. The molecule has 1 heterocycles. The van der Waals surface area contributed by atoms with Crippen LogP contribution in [0.15, 0.2) is 35.4 Å². The summed E-state index contributed by atoms with van der Waals surface area (Å²) in [5.74, 6) is 0. The van der Waals surface area contributed by atoms with Crippen LogP contribution in [0.1, 0.15) is 19.4 Å². The summed E-state index contributed by atoms with van der Waals surface area (Å²) in [6, 6.07) is 9.91. The monoisotopic (exact) mass is 218 g/mol. The summed E-state index contributed by atoms with van der Waals surface area (Å²) in [5.41, 5.74) is 3.54. The molecule has 0 saturated heterocycles. The van der Waals surface area contributed by atoms with E-state index in [4.69, 9.17) is 4.74 Å². The molecule has 1 aliphatic rings. The average molecular weight is 218 g/mol. The second-order valence-corrected chi connectivity index (χ2v) is 4.09. The molecule has 0 fully saturated rings. The van der Waals surface area contributed by atoms with E-state index in [1.165, 1.54) is 0 Å². The fourth-order valence-electron chi connectivity index (χ4n) is 1.70. The predicted molar refractivity (Wildman–Crippen MR) is 61.3 cm³/mol. The second kappa shape index (κ2) is 3.96. The van der Waals surface area contributed by atoms with Crippen molar-refractivity contribution in [2.24, 2.45) is 5.10 Å². The van der Waals surface area contributed by atoms with E-state index in [-0.39, 0.29) is 0 Å². The van der Waals surface area contributed by atoms with Crippen LogP contribution >= 0.6 is 0 Å². The van der Waals surface area contributed by atoms with E-state index in [1.54, 1.807) is 0 Å². The van der Waals surface area contributed by atoms with Crippen molar-refractivity contribution in [1.29, 1.82) is 0 Å². The number of hydrogen-bond donors (Lipinski definition) is 1. The lowest BCUT2D eigenvalue weighted by atomic mass is 9.92. The summed E-state index contributed by atoms with van der Waals surface area (Å²) in [5, 5.41) is 3.95. The predicted octanol–water partition coefficient (Wildman–Crippen LogP) is 2.10. The van der Waals surface area contributed by atoms with Crippen molar-refractivity contribution >= 4 is 11.8 Å². The lowest BCUT2D eigenvalue weighted by Crippen LogP contribution is -2.48. The minimum atomic E-state index is -0.649. The van der Waals surface area contributed by atoms with Crippen molar-refractivity contribution < 1.29 is 9.53 Å². The Morgan fingerprint density at radius 3 is 2.75 bits per heavy atom. The molecule has 1 atom stereocenters. The van der Waals surface area contributed by atoms with Gasteiger partial charge in [-0.2, -0.15) is 5.10 Å². The molecular formula is C12H14N2O2. The van der Waals surface area contributed by atoms with Gasteiger partial charge in [-0.3, -0.25) is 0 Å². The zero-order valence-corrected chi connectivity index (χ0v) is 9.36. The van der Waals surface area contributed by atoms with E-state index in [9.17, 15) is 4.79 Å². The standard InChI is InChI=1S/C12H14N2O2/c1-9-12(2,16-11(15)14-13-9)8-10-6-4-3-5-7-10/h3-7H,8H2,1-2H3,(H,14,15). The lowest BCUT2D eigenvalue weighted by Gasteiger charge is -2.32. The number of hydrazone groups is 1. The van der Waals surface area contributed by atoms with Crippen LogP contribution in [0, 0.1) is 0 Å². The van der Waals surface area contributed by atoms with Gasteiger partial charge in [-0.1, -0.05) is 30.3 Å². The maximum absolute atomic E-state index is 11.2. The van der Waals surface area contributed by atoms with Crippen LogP contribution in [0.4, 0.5) is 4.79 Å². The molecule has 4 heteroatoms. The Labute approximate surface area is 94.3 Å². The lowest BCUT2D eigenvalue weighted by molar-refractivity contribution is 0.0644. The highest BCUT2D eigenvalue weighted by atomic mass is 16.6. The maximum atomic E-state index is 11.2. The Kier molecular flexibility index (Phi) is 2.64. The maximum Gasteiger partial charge on any atom is 0.428 e. The smallest absolute Gasteiger partial charge is 0.428 e. The fourth-order valence-corrected chi connectivity index (χ4v) is 1.70. The van der Waals surface area contributed by atoms with Crippen LogP contribution in [0.25, 0.3) is 0 Å².